The fourth-order valence-electron chi connectivity index (χ4n) is 4.00. The van der Waals surface area contributed by atoms with Gasteiger partial charge in [0.15, 0.2) is 0 Å². The number of hydrogen-bond donors (Lipinski definition) is 0. The van der Waals surface area contributed by atoms with Crippen molar-refractivity contribution in [2.24, 2.45) is 0 Å². The number of sulfone groups is 1. The average Bonchev–Trinajstić information content (AvgIpc) is 3.30. The first kappa shape index (κ1) is 27.1. The molecule has 4 rings (SSSR count). The van der Waals surface area contributed by atoms with Crippen molar-refractivity contribution in [3.05, 3.63) is 89.0 Å². The van der Waals surface area contributed by atoms with E-state index in [0.29, 0.717) is 44.2 Å². The predicted octanol–water partition coefficient (Wildman–Crippen LogP) is 4.52. The average molecular weight is 535 g/mol. The van der Waals surface area contributed by atoms with Crippen LogP contribution in [0.1, 0.15) is 41.0 Å². The SMILES string of the molecule is COC(=O)CC1COc2cc(OCc3cccc(C#Cc4ccc(OCCCS(C)(=O)=O)cc4)c3)ccc21. The zero-order valence-corrected chi connectivity index (χ0v) is 22.3. The standard InChI is InChI=1S/C30H30O7S/c1-34-30(31)18-25-21-37-29-19-27(13-14-28(25)29)36-20-24-6-3-5-23(17-24)8-7-22-9-11-26(12-10-22)35-15-4-16-38(2,32)33/h3,5-6,9-14,17,19,25H,4,15-16,18,20-21H2,1-2H3. The van der Waals surface area contributed by atoms with Crippen LogP contribution in [0.25, 0.3) is 0 Å². The maximum atomic E-state index is 11.6. The van der Waals surface area contributed by atoms with Crippen molar-refractivity contribution in [3.8, 4) is 29.1 Å². The zero-order chi connectivity index (χ0) is 27.0. The molecule has 0 fully saturated rings. The van der Waals surface area contributed by atoms with Gasteiger partial charge in [-0.05, 0) is 54.4 Å². The van der Waals surface area contributed by atoms with Crippen LogP contribution in [0.2, 0.25) is 0 Å². The highest BCUT2D eigenvalue weighted by molar-refractivity contribution is 7.90. The molecule has 0 saturated carbocycles. The van der Waals surface area contributed by atoms with Crippen LogP contribution < -0.4 is 14.2 Å². The third kappa shape index (κ3) is 8.02. The van der Waals surface area contributed by atoms with E-state index in [1.165, 1.54) is 13.4 Å². The number of hydrogen-bond acceptors (Lipinski definition) is 7. The number of benzene rings is 3. The predicted molar refractivity (Wildman–Crippen MR) is 144 cm³/mol. The largest absolute Gasteiger partial charge is 0.494 e. The van der Waals surface area contributed by atoms with Crippen molar-refractivity contribution in [1.82, 2.24) is 0 Å². The summed E-state index contributed by atoms with van der Waals surface area (Å²) in [6, 6.07) is 20.9. The fraction of sp³-hybridized carbons (Fsp3) is 0.300. The molecule has 0 N–H and O–H groups in total. The van der Waals surface area contributed by atoms with Crippen molar-refractivity contribution >= 4 is 15.8 Å². The fourth-order valence-corrected chi connectivity index (χ4v) is 4.64. The van der Waals surface area contributed by atoms with Gasteiger partial charge in [-0.25, -0.2) is 8.42 Å². The third-order valence-corrected chi connectivity index (χ3v) is 7.00. The summed E-state index contributed by atoms with van der Waals surface area (Å²) < 4.78 is 44.5. The Morgan fingerprint density at radius 3 is 2.50 bits per heavy atom. The van der Waals surface area contributed by atoms with E-state index in [-0.39, 0.29) is 17.6 Å². The van der Waals surface area contributed by atoms with E-state index in [0.717, 1.165) is 28.0 Å². The topological polar surface area (TPSA) is 88.1 Å². The van der Waals surface area contributed by atoms with Crippen molar-refractivity contribution in [1.29, 1.82) is 0 Å². The van der Waals surface area contributed by atoms with Gasteiger partial charge in [-0.3, -0.25) is 4.79 Å². The highest BCUT2D eigenvalue weighted by atomic mass is 32.2. The highest BCUT2D eigenvalue weighted by Crippen LogP contribution is 2.38. The molecule has 1 aliphatic rings. The number of rotatable bonds is 10. The van der Waals surface area contributed by atoms with Crippen molar-refractivity contribution in [3.63, 3.8) is 0 Å². The van der Waals surface area contributed by atoms with Gasteiger partial charge in [0.05, 0.1) is 32.5 Å². The minimum atomic E-state index is -2.97. The quantitative estimate of drug-likeness (QED) is 0.215. The van der Waals surface area contributed by atoms with E-state index in [2.05, 4.69) is 11.8 Å². The summed E-state index contributed by atoms with van der Waals surface area (Å²) in [5, 5.41) is 0. The Labute approximate surface area is 223 Å². The summed E-state index contributed by atoms with van der Waals surface area (Å²) in [7, 11) is -1.58. The molecule has 1 atom stereocenters. The summed E-state index contributed by atoms with van der Waals surface area (Å²) in [4.78, 5) is 11.6. The second kappa shape index (κ2) is 12.5. The van der Waals surface area contributed by atoms with Crippen molar-refractivity contribution in [2.45, 2.75) is 25.4 Å². The van der Waals surface area contributed by atoms with Crippen LogP contribution in [0, 0.1) is 11.8 Å². The molecule has 1 aliphatic heterocycles. The molecule has 38 heavy (non-hydrogen) atoms. The molecule has 0 amide bonds. The summed E-state index contributed by atoms with van der Waals surface area (Å²) in [6.07, 6.45) is 1.97. The Morgan fingerprint density at radius 1 is 0.974 bits per heavy atom. The molecule has 0 aromatic heterocycles. The van der Waals surface area contributed by atoms with Crippen molar-refractivity contribution in [2.75, 3.05) is 32.3 Å². The maximum Gasteiger partial charge on any atom is 0.306 e. The van der Waals surface area contributed by atoms with Gasteiger partial charge in [0.2, 0.25) is 0 Å². The summed E-state index contributed by atoms with van der Waals surface area (Å²) in [6.45, 7) is 1.18. The molecule has 3 aromatic rings. The number of fused-ring (bicyclic) bond motifs is 1. The van der Waals surface area contributed by atoms with Crippen LogP contribution in [-0.4, -0.2) is 46.7 Å². The molecule has 198 valence electrons. The monoisotopic (exact) mass is 534 g/mol. The lowest BCUT2D eigenvalue weighted by atomic mass is 9.98. The van der Waals surface area contributed by atoms with Gasteiger partial charge in [-0.15, -0.1) is 0 Å². The van der Waals surface area contributed by atoms with E-state index in [4.69, 9.17) is 18.9 Å². The van der Waals surface area contributed by atoms with E-state index < -0.39 is 9.84 Å². The van der Waals surface area contributed by atoms with E-state index in [1.54, 1.807) is 0 Å². The minimum absolute atomic E-state index is 0.00239. The van der Waals surface area contributed by atoms with Crippen LogP contribution in [0.3, 0.4) is 0 Å². The lowest BCUT2D eigenvalue weighted by molar-refractivity contribution is -0.141. The normalized spacial score (nSPS) is 14.0. The molecule has 0 saturated heterocycles. The Hall–Kier alpha value is -3.96. The van der Waals surface area contributed by atoms with Gasteiger partial charge < -0.3 is 18.9 Å². The maximum absolute atomic E-state index is 11.6. The number of methoxy groups -OCH3 is 1. The first-order valence-corrected chi connectivity index (χ1v) is 14.3. The molecular formula is C30H30O7S. The Morgan fingerprint density at radius 2 is 1.74 bits per heavy atom. The molecule has 3 aromatic carbocycles. The van der Waals surface area contributed by atoms with Crippen molar-refractivity contribution < 1.29 is 32.2 Å². The first-order valence-electron chi connectivity index (χ1n) is 12.3. The lowest BCUT2D eigenvalue weighted by Crippen LogP contribution is -2.09. The molecule has 7 nitrogen and oxygen atoms in total. The Balaban J connectivity index is 1.30. The lowest BCUT2D eigenvalue weighted by Gasteiger charge is -2.09. The van der Waals surface area contributed by atoms with Gasteiger partial charge in [-0.1, -0.05) is 30.0 Å². The van der Waals surface area contributed by atoms with E-state index in [9.17, 15) is 13.2 Å². The summed E-state index contributed by atoms with van der Waals surface area (Å²) in [5.41, 5.74) is 3.69. The molecular weight excluding hydrogens is 504 g/mol. The van der Waals surface area contributed by atoms with Gasteiger partial charge in [0.25, 0.3) is 0 Å². The van der Waals surface area contributed by atoms with Crippen LogP contribution in [0.15, 0.2) is 66.7 Å². The molecule has 0 bridgehead atoms. The number of ether oxygens (including phenoxy) is 4. The summed E-state index contributed by atoms with van der Waals surface area (Å²) in [5.74, 6) is 8.30. The van der Waals surface area contributed by atoms with Crippen LogP contribution in [0.4, 0.5) is 0 Å². The highest BCUT2D eigenvalue weighted by Gasteiger charge is 2.27. The molecule has 0 aliphatic carbocycles. The van der Waals surface area contributed by atoms with Crippen LogP contribution >= 0.6 is 0 Å². The van der Waals surface area contributed by atoms with Crippen LogP contribution in [0.5, 0.6) is 17.2 Å². The van der Waals surface area contributed by atoms with Gasteiger partial charge in [-0.2, -0.15) is 0 Å². The van der Waals surface area contributed by atoms with Crippen LogP contribution in [-0.2, 0) is 26.0 Å². The molecule has 1 unspecified atom stereocenters. The first-order chi connectivity index (χ1) is 18.3. The Kier molecular flexibility index (Phi) is 8.93. The molecule has 0 radical (unpaired) electrons. The number of carbonyl (C=O) groups excluding carboxylic acids is 1. The number of carbonyl (C=O) groups is 1. The molecule has 8 heteroatoms. The second-order valence-electron chi connectivity index (χ2n) is 9.08. The summed E-state index contributed by atoms with van der Waals surface area (Å²) >= 11 is 0. The zero-order valence-electron chi connectivity index (χ0n) is 21.4. The minimum Gasteiger partial charge on any atom is -0.494 e. The molecule has 1 heterocycles. The second-order valence-corrected chi connectivity index (χ2v) is 11.3. The van der Waals surface area contributed by atoms with E-state index >= 15 is 0 Å². The smallest absolute Gasteiger partial charge is 0.306 e. The van der Waals surface area contributed by atoms with Gasteiger partial charge in [0, 0.05) is 34.9 Å². The third-order valence-electron chi connectivity index (χ3n) is 5.97. The number of esters is 1. The molecule has 0 spiro atoms. The Bertz CT molecular complexity index is 1430. The van der Waals surface area contributed by atoms with Gasteiger partial charge >= 0.3 is 5.97 Å². The van der Waals surface area contributed by atoms with E-state index in [1.807, 2.05) is 66.7 Å². The van der Waals surface area contributed by atoms with Gasteiger partial charge in [0.1, 0.15) is 33.7 Å².